The minimum absolute atomic E-state index is 0.0230. The van der Waals surface area contributed by atoms with Crippen molar-refractivity contribution in [3.05, 3.63) is 99.7 Å². The van der Waals surface area contributed by atoms with Gasteiger partial charge in [0, 0.05) is 41.3 Å². The van der Waals surface area contributed by atoms with Crippen molar-refractivity contribution < 1.29 is 28.8 Å². The number of hydrogen-bond donors (Lipinski definition) is 2. The van der Waals surface area contributed by atoms with Crippen molar-refractivity contribution in [2.75, 3.05) is 11.9 Å². The normalized spacial score (nSPS) is 10.6. The number of nitro groups is 1. The molecule has 2 N–H and O–H groups in total. The summed E-state index contributed by atoms with van der Waals surface area (Å²) >= 11 is 0. The molecule has 0 aliphatic heterocycles. The van der Waals surface area contributed by atoms with Crippen LogP contribution in [0.1, 0.15) is 39.6 Å². The summed E-state index contributed by atoms with van der Waals surface area (Å²) < 4.78 is 10.4. The molecular formula is C27H23N3O7. The van der Waals surface area contributed by atoms with Gasteiger partial charge < -0.3 is 19.8 Å². The molecular weight excluding hydrogens is 478 g/mol. The highest BCUT2D eigenvalue weighted by atomic mass is 16.6. The van der Waals surface area contributed by atoms with Crippen LogP contribution in [-0.2, 0) is 16.0 Å². The fourth-order valence-corrected chi connectivity index (χ4v) is 3.71. The van der Waals surface area contributed by atoms with E-state index in [2.05, 4.69) is 10.3 Å². The minimum atomic E-state index is -0.607. The van der Waals surface area contributed by atoms with E-state index in [1.807, 2.05) is 0 Å². The van der Waals surface area contributed by atoms with Crippen molar-refractivity contribution in [2.24, 2.45) is 0 Å². The van der Waals surface area contributed by atoms with E-state index in [1.54, 1.807) is 37.3 Å². The van der Waals surface area contributed by atoms with Crippen molar-refractivity contribution in [1.82, 2.24) is 4.98 Å². The predicted octanol–water partition coefficient (Wildman–Crippen LogP) is 5.04. The van der Waals surface area contributed by atoms with Crippen LogP contribution in [0, 0.1) is 10.1 Å². The number of anilines is 1. The van der Waals surface area contributed by atoms with Crippen LogP contribution in [0.15, 0.2) is 72.9 Å². The molecule has 0 fully saturated rings. The summed E-state index contributed by atoms with van der Waals surface area (Å²) in [5.41, 5.74) is 2.45. The number of aromatic amines is 1. The average Bonchev–Trinajstić information content (AvgIpc) is 3.31. The number of nitrogens with zero attached hydrogens (tertiary/aromatic N) is 1. The van der Waals surface area contributed by atoms with Crippen LogP contribution in [0.2, 0.25) is 0 Å². The SMILES string of the molecule is CCOC(=O)c1ccc(OC(=O)c2c[nH]c3ccc(NC(=O)CCc4cccc([N+](=O)[O-])c4)cc23)cc1. The van der Waals surface area contributed by atoms with Crippen molar-refractivity contribution >= 4 is 40.1 Å². The maximum Gasteiger partial charge on any atom is 0.345 e. The van der Waals surface area contributed by atoms with Gasteiger partial charge in [0.15, 0.2) is 0 Å². The molecule has 0 aliphatic rings. The van der Waals surface area contributed by atoms with Crippen molar-refractivity contribution in [1.29, 1.82) is 0 Å². The molecule has 0 aliphatic carbocycles. The number of rotatable bonds is 9. The first-order valence-corrected chi connectivity index (χ1v) is 11.5. The monoisotopic (exact) mass is 501 g/mol. The quantitative estimate of drug-likeness (QED) is 0.142. The van der Waals surface area contributed by atoms with E-state index >= 15 is 0 Å². The maximum atomic E-state index is 12.8. The largest absolute Gasteiger partial charge is 0.462 e. The minimum Gasteiger partial charge on any atom is -0.462 e. The molecule has 0 radical (unpaired) electrons. The smallest absolute Gasteiger partial charge is 0.345 e. The van der Waals surface area contributed by atoms with Crippen LogP contribution in [0.3, 0.4) is 0 Å². The van der Waals surface area contributed by atoms with E-state index in [-0.39, 0.29) is 35.9 Å². The topological polar surface area (TPSA) is 141 Å². The Morgan fingerprint density at radius 3 is 2.51 bits per heavy atom. The number of esters is 2. The number of nitro benzene ring substituents is 1. The zero-order chi connectivity index (χ0) is 26.4. The second-order valence-electron chi connectivity index (χ2n) is 8.07. The molecule has 0 atom stereocenters. The number of carbonyl (C=O) groups is 3. The number of nitrogens with one attached hydrogen (secondary N) is 2. The third kappa shape index (κ3) is 6.17. The summed E-state index contributed by atoms with van der Waals surface area (Å²) in [6.07, 6.45) is 1.99. The lowest BCUT2D eigenvalue weighted by atomic mass is 10.1. The Balaban J connectivity index is 1.41. The lowest BCUT2D eigenvalue weighted by Crippen LogP contribution is -2.12. The van der Waals surface area contributed by atoms with Gasteiger partial charge >= 0.3 is 11.9 Å². The Hall–Kier alpha value is -4.99. The van der Waals surface area contributed by atoms with Crippen molar-refractivity contribution in [2.45, 2.75) is 19.8 Å². The molecule has 1 aromatic heterocycles. The van der Waals surface area contributed by atoms with E-state index < -0.39 is 16.9 Å². The van der Waals surface area contributed by atoms with E-state index in [0.717, 1.165) is 0 Å². The molecule has 0 bridgehead atoms. The molecule has 10 heteroatoms. The van der Waals surface area contributed by atoms with Crippen LogP contribution >= 0.6 is 0 Å². The van der Waals surface area contributed by atoms with Gasteiger partial charge in [-0.1, -0.05) is 12.1 Å². The van der Waals surface area contributed by atoms with Gasteiger partial charge in [-0.05, 0) is 61.4 Å². The van der Waals surface area contributed by atoms with Crippen LogP contribution < -0.4 is 10.1 Å². The van der Waals surface area contributed by atoms with Crippen LogP contribution in [0.25, 0.3) is 10.9 Å². The fourth-order valence-electron chi connectivity index (χ4n) is 3.71. The van der Waals surface area contributed by atoms with Gasteiger partial charge in [-0.15, -0.1) is 0 Å². The van der Waals surface area contributed by atoms with Crippen molar-refractivity contribution in [3.63, 3.8) is 0 Å². The fraction of sp³-hybridized carbons (Fsp3) is 0.148. The number of aromatic nitrogens is 1. The summed E-state index contributed by atoms with van der Waals surface area (Å²) in [4.78, 5) is 50.5. The number of benzene rings is 3. The van der Waals surface area contributed by atoms with E-state index in [9.17, 15) is 24.5 Å². The highest BCUT2D eigenvalue weighted by molar-refractivity contribution is 6.06. The molecule has 0 saturated carbocycles. The van der Waals surface area contributed by atoms with Gasteiger partial charge in [-0.25, -0.2) is 9.59 Å². The van der Waals surface area contributed by atoms with Crippen molar-refractivity contribution in [3.8, 4) is 5.75 Å². The molecule has 4 aromatic rings. The lowest BCUT2D eigenvalue weighted by molar-refractivity contribution is -0.384. The van der Waals surface area contributed by atoms with Gasteiger partial charge in [-0.3, -0.25) is 14.9 Å². The molecule has 37 heavy (non-hydrogen) atoms. The molecule has 0 unspecified atom stereocenters. The van der Waals surface area contributed by atoms with Gasteiger partial charge in [0.05, 0.1) is 22.7 Å². The Kier molecular flexibility index (Phi) is 7.58. The molecule has 3 aromatic carbocycles. The van der Waals surface area contributed by atoms with Crippen LogP contribution in [0.5, 0.6) is 5.75 Å². The molecule has 188 valence electrons. The van der Waals surface area contributed by atoms with Gasteiger partial charge in [0.2, 0.25) is 5.91 Å². The molecule has 1 amide bonds. The van der Waals surface area contributed by atoms with Gasteiger partial charge in [0.1, 0.15) is 5.75 Å². The Morgan fingerprint density at radius 2 is 1.78 bits per heavy atom. The Morgan fingerprint density at radius 1 is 1.00 bits per heavy atom. The number of H-pyrrole nitrogens is 1. The number of fused-ring (bicyclic) bond motifs is 1. The van der Waals surface area contributed by atoms with Crippen LogP contribution in [-0.4, -0.2) is 34.4 Å². The summed E-state index contributed by atoms with van der Waals surface area (Å²) in [6.45, 7) is 1.98. The first kappa shape index (κ1) is 25.1. The maximum absolute atomic E-state index is 12.8. The second kappa shape index (κ2) is 11.2. The average molecular weight is 501 g/mol. The number of carbonyl (C=O) groups excluding carboxylic acids is 3. The Bertz CT molecular complexity index is 1480. The highest BCUT2D eigenvalue weighted by Gasteiger charge is 2.16. The number of amides is 1. The van der Waals surface area contributed by atoms with Gasteiger partial charge in [-0.2, -0.15) is 0 Å². The zero-order valence-corrected chi connectivity index (χ0v) is 19.9. The number of non-ortho nitro benzene ring substituents is 1. The standard InChI is InChI=1S/C27H23N3O7/c1-2-36-26(32)18-7-10-21(11-8-18)37-27(33)23-16-28-24-12-9-19(15-22(23)24)29-25(31)13-6-17-4-3-5-20(14-17)30(34)35/h3-5,7-12,14-16,28H,2,6,13H2,1H3,(H,29,31). The molecule has 10 nitrogen and oxygen atoms in total. The Labute approximate surface area is 211 Å². The molecule has 1 heterocycles. The number of aryl methyl sites for hydroxylation is 1. The molecule has 4 rings (SSSR count). The summed E-state index contributed by atoms with van der Waals surface area (Å²) in [7, 11) is 0. The van der Waals surface area contributed by atoms with Gasteiger partial charge in [0.25, 0.3) is 5.69 Å². The third-order valence-corrected chi connectivity index (χ3v) is 5.52. The number of hydrogen-bond acceptors (Lipinski definition) is 7. The third-order valence-electron chi connectivity index (χ3n) is 5.52. The first-order chi connectivity index (χ1) is 17.8. The summed E-state index contributed by atoms with van der Waals surface area (Å²) in [5, 5.41) is 14.3. The van der Waals surface area contributed by atoms with E-state index in [0.29, 0.717) is 34.1 Å². The van der Waals surface area contributed by atoms with E-state index in [4.69, 9.17) is 9.47 Å². The molecule has 0 saturated heterocycles. The zero-order valence-electron chi connectivity index (χ0n) is 19.9. The number of ether oxygens (including phenoxy) is 2. The second-order valence-corrected chi connectivity index (χ2v) is 8.07. The molecule has 0 spiro atoms. The predicted molar refractivity (Wildman–Crippen MR) is 136 cm³/mol. The first-order valence-electron chi connectivity index (χ1n) is 11.5. The lowest BCUT2D eigenvalue weighted by Gasteiger charge is -2.07. The van der Waals surface area contributed by atoms with E-state index in [1.165, 1.54) is 42.6 Å². The van der Waals surface area contributed by atoms with Crippen LogP contribution in [0.4, 0.5) is 11.4 Å². The summed E-state index contributed by atoms with van der Waals surface area (Å²) in [6, 6.07) is 17.3. The summed E-state index contributed by atoms with van der Waals surface area (Å²) in [5.74, 6) is -1.08. The highest BCUT2D eigenvalue weighted by Crippen LogP contribution is 2.25.